The van der Waals surface area contributed by atoms with Gasteiger partial charge in [0.2, 0.25) is 0 Å². The fourth-order valence-corrected chi connectivity index (χ4v) is 3.91. The Morgan fingerprint density at radius 2 is 1.57 bits per heavy atom. The molecule has 2 N–H and O–H groups in total. The molecule has 21 heavy (non-hydrogen) atoms. The Bertz CT molecular complexity index is 755. The van der Waals surface area contributed by atoms with Crippen molar-refractivity contribution < 1.29 is 3.96 Å². The molecule has 3 nitrogen and oxygen atoms in total. The SMILES string of the molecule is Nc1nc(-c2ccccc2)[n+](C2Cc3ccccc3C2)s1. The van der Waals surface area contributed by atoms with Gasteiger partial charge in [0.25, 0.3) is 0 Å². The topological polar surface area (TPSA) is 42.8 Å². The Kier molecular flexibility index (Phi) is 2.97. The Hall–Kier alpha value is -2.20. The Morgan fingerprint density at radius 3 is 2.24 bits per heavy atom. The number of aromatic nitrogens is 2. The molecular weight excluding hydrogens is 278 g/mol. The van der Waals surface area contributed by atoms with Crippen LogP contribution < -0.4 is 9.69 Å². The van der Waals surface area contributed by atoms with Crippen molar-refractivity contribution in [2.24, 2.45) is 0 Å². The van der Waals surface area contributed by atoms with Crippen LogP contribution in [0.25, 0.3) is 11.4 Å². The van der Waals surface area contributed by atoms with E-state index in [1.165, 1.54) is 11.1 Å². The van der Waals surface area contributed by atoms with Gasteiger partial charge in [-0.2, -0.15) is 3.96 Å². The minimum Gasteiger partial charge on any atom is -0.351 e. The quantitative estimate of drug-likeness (QED) is 0.738. The van der Waals surface area contributed by atoms with E-state index in [4.69, 9.17) is 5.73 Å². The summed E-state index contributed by atoms with van der Waals surface area (Å²) in [6.45, 7) is 0. The summed E-state index contributed by atoms with van der Waals surface area (Å²) < 4.78 is 2.28. The maximum absolute atomic E-state index is 5.98. The molecule has 104 valence electrons. The summed E-state index contributed by atoms with van der Waals surface area (Å²) >= 11 is 1.56. The molecule has 2 aromatic carbocycles. The van der Waals surface area contributed by atoms with Crippen LogP contribution in [0.15, 0.2) is 54.6 Å². The first-order valence-corrected chi connectivity index (χ1v) is 7.89. The highest BCUT2D eigenvalue weighted by Crippen LogP contribution is 2.30. The van der Waals surface area contributed by atoms with E-state index in [9.17, 15) is 0 Å². The van der Waals surface area contributed by atoms with E-state index in [-0.39, 0.29) is 0 Å². The van der Waals surface area contributed by atoms with Gasteiger partial charge in [0.05, 0.1) is 5.56 Å². The van der Waals surface area contributed by atoms with Gasteiger partial charge in [-0.1, -0.05) is 42.5 Å². The van der Waals surface area contributed by atoms with E-state index < -0.39 is 0 Å². The molecule has 0 bridgehead atoms. The van der Waals surface area contributed by atoms with Crippen molar-refractivity contribution in [3.63, 3.8) is 0 Å². The second-order valence-electron chi connectivity index (χ2n) is 5.39. The van der Waals surface area contributed by atoms with E-state index in [1.807, 2.05) is 18.2 Å². The summed E-state index contributed by atoms with van der Waals surface area (Å²) in [6.07, 6.45) is 2.12. The summed E-state index contributed by atoms with van der Waals surface area (Å²) in [7, 11) is 0. The third-order valence-corrected chi connectivity index (χ3v) is 4.96. The van der Waals surface area contributed by atoms with Crippen molar-refractivity contribution in [2.45, 2.75) is 18.9 Å². The standard InChI is InChI=1S/C17H15N3S/c18-17-19-16(12-6-2-1-3-7-12)20(21-17)15-10-13-8-4-5-9-14(13)11-15/h1-9,15,18H,10-11H2/p+1. The molecular formula is C17H16N3S+. The van der Waals surface area contributed by atoms with Crippen molar-refractivity contribution in [2.75, 3.05) is 5.73 Å². The van der Waals surface area contributed by atoms with Crippen LogP contribution in [0, 0.1) is 0 Å². The molecule has 0 aliphatic heterocycles. The van der Waals surface area contributed by atoms with Gasteiger partial charge in [-0.05, 0) is 28.2 Å². The number of nitrogen functional groups attached to an aromatic ring is 1. The van der Waals surface area contributed by atoms with Crippen LogP contribution in [-0.2, 0) is 12.8 Å². The summed E-state index contributed by atoms with van der Waals surface area (Å²) in [5.41, 5.74) is 9.99. The van der Waals surface area contributed by atoms with Gasteiger partial charge in [0, 0.05) is 12.8 Å². The lowest BCUT2D eigenvalue weighted by atomic mass is 10.1. The predicted molar refractivity (Wildman–Crippen MR) is 85.0 cm³/mol. The monoisotopic (exact) mass is 294 g/mol. The minimum absolute atomic E-state index is 0.424. The fourth-order valence-electron chi connectivity index (χ4n) is 3.05. The van der Waals surface area contributed by atoms with Gasteiger partial charge in [-0.15, -0.1) is 0 Å². The molecule has 0 atom stereocenters. The number of nitrogens with two attached hydrogens (primary N) is 1. The normalized spacial score (nSPS) is 14.3. The molecule has 0 saturated heterocycles. The van der Waals surface area contributed by atoms with Crippen molar-refractivity contribution in [3.05, 3.63) is 65.7 Å². The van der Waals surface area contributed by atoms with Gasteiger partial charge < -0.3 is 5.73 Å². The Morgan fingerprint density at radius 1 is 0.952 bits per heavy atom. The zero-order valence-electron chi connectivity index (χ0n) is 11.6. The maximum Gasteiger partial charge on any atom is 0.345 e. The van der Waals surface area contributed by atoms with Gasteiger partial charge in [0.15, 0.2) is 0 Å². The highest BCUT2D eigenvalue weighted by molar-refractivity contribution is 7.05. The molecule has 0 amide bonds. The Balaban J connectivity index is 1.75. The van der Waals surface area contributed by atoms with Gasteiger partial charge in [0.1, 0.15) is 17.6 Å². The first kappa shape index (κ1) is 12.5. The fraction of sp³-hybridized carbons (Fsp3) is 0.176. The maximum atomic E-state index is 5.98. The number of rotatable bonds is 2. The van der Waals surface area contributed by atoms with E-state index in [0.29, 0.717) is 11.2 Å². The second kappa shape index (κ2) is 4.97. The van der Waals surface area contributed by atoms with Crippen LogP contribution in [0.5, 0.6) is 0 Å². The minimum atomic E-state index is 0.424. The van der Waals surface area contributed by atoms with Crippen LogP contribution in [0.1, 0.15) is 17.2 Å². The lowest BCUT2D eigenvalue weighted by Crippen LogP contribution is -2.38. The molecule has 0 fully saturated rings. The number of hydrogen-bond acceptors (Lipinski definition) is 3. The molecule has 3 aromatic rings. The zero-order valence-corrected chi connectivity index (χ0v) is 12.4. The van der Waals surface area contributed by atoms with E-state index in [1.54, 1.807) is 11.5 Å². The molecule has 1 aliphatic rings. The highest BCUT2D eigenvalue weighted by atomic mass is 32.1. The molecule has 4 rings (SSSR count). The molecule has 0 spiro atoms. The van der Waals surface area contributed by atoms with Crippen LogP contribution in [0.4, 0.5) is 5.13 Å². The average Bonchev–Trinajstić information content (AvgIpc) is 3.11. The van der Waals surface area contributed by atoms with Crippen molar-refractivity contribution in [1.29, 1.82) is 0 Å². The van der Waals surface area contributed by atoms with E-state index in [2.05, 4.69) is 45.3 Å². The van der Waals surface area contributed by atoms with Crippen LogP contribution in [0.3, 0.4) is 0 Å². The summed E-state index contributed by atoms with van der Waals surface area (Å²) in [5, 5.41) is 0.629. The highest BCUT2D eigenvalue weighted by Gasteiger charge is 2.32. The van der Waals surface area contributed by atoms with Crippen LogP contribution in [-0.4, -0.2) is 4.98 Å². The van der Waals surface area contributed by atoms with Crippen LogP contribution >= 0.6 is 11.5 Å². The first-order valence-electron chi connectivity index (χ1n) is 7.12. The molecule has 1 heterocycles. The average molecular weight is 294 g/mol. The number of nitrogens with zero attached hydrogens (tertiary/aromatic N) is 2. The first-order chi connectivity index (χ1) is 10.3. The van der Waals surface area contributed by atoms with Gasteiger partial charge >= 0.3 is 11.0 Å². The number of benzene rings is 2. The van der Waals surface area contributed by atoms with E-state index in [0.717, 1.165) is 24.2 Å². The molecule has 0 saturated carbocycles. The molecule has 0 unspecified atom stereocenters. The van der Waals surface area contributed by atoms with Crippen molar-refractivity contribution >= 4 is 16.7 Å². The van der Waals surface area contributed by atoms with Crippen molar-refractivity contribution in [3.8, 4) is 11.4 Å². The molecule has 1 aromatic heterocycles. The summed E-state index contributed by atoms with van der Waals surface area (Å²) in [5.74, 6) is 0.982. The number of anilines is 1. The Labute approximate surface area is 127 Å². The van der Waals surface area contributed by atoms with E-state index >= 15 is 0 Å². The smallest absolute Gasteiger partial charge is 0.345 e. The lowest BCUT2D eigenvalue weighted by molar-refractivity contribution is -0.647. The predicted octanol–water partition coefficient (Wildman–Crippen LogP) is 3.02. The molecule has 1 aliphatic carbocycles. The third kappa shape index (κ3) is 2.21. The summed E-state index contributed by atoms with van der Waals surface area (Å²) in [6, 6.07) is 19.4. The largest absolute Gasteiger partial charge is 0.351 e. The number of fused-ring (bicyclic) bond motifs is 1. The van der Waals surface area contributed by atoms with Gasteiger partial charge in [-0.25, -0.2) is 0 Å². The third-order valence-electron chi connectivity index (χ3n) is 4.01. The second-order valence-corrected chi connectivity index (χ2v) is 6.38. The van der Waals surface area contributed by atoms with Gasteiger partial charge in [-0.3, -0.25) is 0 Å². The van der Waals surface area contributed by atoms with Crippen molar-refractivity contribution in [1.82, 2.24) is 4.98 Å². The zero-order chi connectivity index (χ0) is 14.2. The summed E-state index contributed by atoms with van der Waals surface area (Å²) in [4.78, 5) is 4.55. The molecule has 0 radical (unpaired) electrons. The molecule has 4 heteroatoms. The lowest BCUT2D eigenvalue weighted by Gasteiger charge is -2.05. The number of hydrogen-bond donors (Lipinski definition) is 1. The van der Waals surface area contributed by atoms with Crippen LogP contribution in [0.2, 0.25) is 0 Å².